The lowest BCUT2D eigenvalue weighted by Crippen LogP contribution is -2.25. The number of allylic oxidation sites excluding steroid dienone is 1. The van der Waals surface area contributed by atoms with E-state index >= 15 is 0 Å². The number of amides is 1. The standard InChI is InChI=1S/C21H23N3O/c1-16(2)15-24-19-11-7-6-10-18(19)23-20(24)14-22-21(25)13-12-17-8-4-3-5-9-17/h3-11H,1,12-15H2,2H3,(H,22,25). The third-order valence-electron chi connectivity index (χ3n) is 4.09. The van der Waals surface area contributed by atoms with E-state index in [2.05, 4.69) is 21.4 Å². The maximum Gasteiger partial charge on any atom is 0.220 e. The van der Waals surface area contributed by atoms with Crippen LogP contribution in [0.1, 0.15) is 24.7 Å². The molecule has 0 saturated carbocycles. The van der Waals surface area contributed by atoms with Crippen LogP contribution in [-0.2, 0) is 24.3 Å². The maximum atomic E-state index is 12.2. The summed E-state index contributed by atoms with van der Waals surface area (Å²) >= 11 is 0. The highest BCUT2D eigenvalue weighted by molar-refractivity contribution is 5.77. The predicted octanol–water partition coefficient (Wildman–Crippen LogP) is 3.86. The molecule has 0 aliphatic carbocycles. The Morgan fingerprint density at radius 1 is 1.12 bits per heavy atom. The van der Waals surface area contributed by atoms with Crippen molar-refractivity contribution < 1.29 is 4.79 Å². The zero-order chi connectivity index (χ0) is 17.6. The number of benzene rings is 2. The Morgan fingerprint density at radius 3 is 2.60 bits per heavy atom. The fourth-order valence-corrected chi connectivity index (χ4v) is 2.88. The van der Waals surface area contributed by atoms with Crippen molar-refractivity contribution in [2.24, 2.45) is 0 Å². The monoisotopic (exact) mass is 333 g/mol. The number of carbonyl (C=O) groups is 1. The maximum absolute atomic E-state index is 12.2. The van der Waals surface area contributed by atoms with Gasteiger partial charge < -0.3 is 9.88 Å². The van der Waals surface area contributed by atoms with E-state index in [0.29, 0.717) is 19.5 Å². The first kappa shape index (κ1) is 17.0. The molecule has 0 atom stereocenters. The number of nitrogens with zero attached hydrogens (tertiary/aromatic N) is 2. The number of fused-ring (bicyclic) bond motifs is 1. The van der Waals surface area contributed by atoms with Gasteiger partial charge in [0, 0.05) is 13.0 Å². The van der Waals surface area contributed by atoms with Gasteiger partial charge in [-0.3, -0.25) is 4.79 Å². The fourth-order valence-electron chi connectivity index (χ4n) is 2.88. The van der Waals surface area contributed by atoms with Gasteiger partial charge in [-0.15, -0.1) is 0 Å². The van der Waals surface area contributed by atoms with Crippen LogP contribution < -0.4 is 5.32 Å². The van der Waals surface area contributed by atoms with Gasteiger partial charge in [-0.05, 0) is 31.0 Å². The lowest BCUT2D eigenvalue weighted by Gasteiger charge is -2.10. The number of aromatic nitrogens is 2. The first-order valence-electron chi connectivity index (χ1n) is 8.52. The van der Waals surface area contributed by atoms with Crippen LogP contribution in [0.4, 0.5) is 0 Å². The third kappa shape index (κ3) is 4.35. The summed E-state index contributed by atoms with van der Waals surface area (Å²) in [4.78, 5) is 16.8. The number of nitrogens with one attached hydrogen (secondary N) is 1. The molecule has 0 aliphatic heterocycles. The van der Waals surface area contributed by atoms with E-state index in [1.807, 2.05) is 61.5 Å². The summed E-state index contributed by atoms with van der Waals surface area (Å²) in [6, 6.07) is 18.1. The first-order chi connectivity index (χ1) is 12.1. The molecule has 0 spiro atoms. The van der Waals surface area contributed by atoms with Crippen molar-refractivity contribution in [3.63, 3.8) is 0 Å². The molecular formula is C21H23N3O. The van der Waals surface area contributed by atoms with E-state index < -0.39 is 0 Å². The van der Waals surface area contributed by atoms with E-state index in [1.54, 1.807) is 0 Å². The number of para-hydroxylation sites is 2. The van der Waals surface area contributed by atoms with Crippen LogP contribution >= 0.6 is 0 Å². The summed E-state index contributed by atoms with van der Waals surface area (Å²) < 4.78 is 2.12. The number of hydrogen-bond donors (Lipinski definition) is 1. The number of rotatable bonds is 7. The summed E-state index contributed by atoms with van der Waals surface area (Å²) in [7, 11) is 0. The molecule has 3 aromatic rings. The summed E-state index contributed by atoms with van der Waals surface area (Å²) in [5.41, 5.74) is 4.24. The Labute approximate surface area is 148 Å². The Kier molecular flexibility index (Phi) is 5.29. The SMILES string of the molecule is C=C(C)Cn1c(CNC(=O)CCc2ccccc2)nc2ccccc21. The largest absolute Gasteiger partial charge is 0.349 e. The van der Waals surface area contributed by atoms with E-state index in [1.165, 1.54) is 5.56 Å². The molecule has 0 bridgehead atoms. The molecule has 4 nitrogen and oxygen atoms in total. The van der Waals surface area contributed by atoms with Crippen LogP contribution in [0, 0.1) is 0 Å². The van der Waals surface area contributed by atoms with Crippen molar-refractivity contribution in [3.8, 4) is 0 Å². The van der Waals surface area contributed by atoms with Gasteiger partial charge in [0.15, 0.2) is 0 Å². The van der Waals surface area contributed by atoms with Crippen molar-refractivity contribution in [1.82, 2.24) is 14.9 Å². The second kappa shape index (κ2) is 7.79. The van der Waals surface area contributed by atoms with E-state index in [0.717, 1.165) is 28.9 Å². The summed E-state index contributed by atoms with van der Waals surface area (Å²) in [5.74, 6) is 0.898. The molecule has 1 amide bonds. The molecule has 0 aliphatic rings. The predicted molar refractivity (Wildman–Crippen MR) is 101 cm³/mol. The minimum Gasteiger partial charge on any atom is -0.349 e. The molecule has 1 aromatic heterocycles. The van der Waals surface area contributed by atoms with E-state index in [-0.39, 0.29) is 5.91 Å². The lowest BCUT2D eigenvalue weighted by atomic mass is 10.1. The highest BCUT2D eigenvalue weighted by Crippen LogP contribution is 2.17. The molecule has 0 fully saturated rings. The van der Waals surface area contributed by atoms with Gasteiger partial charge in [0.2, 0.25) is 5.91 Å². The molecule has 0 radical (unpaired) electrons. The quantitative estimate of drug-likeness (QED) is 0.667. The molecule has 25 heavy (non-hydrogen) atoms. The molecule has 0 saturated heterocycles. The van der Waals surface area contributed by atoms with Crippen LogP contribution in [0.25, 0.3) is 11.0 Å². The molecule has 3 rings (SSSR count). The fraction of sp³-hybridized carbons (Fsp3) is 0.238. The van der Waals surface area contributed by atoms with Gasteiger partial charge in [-0.1, -0.05) is 54.6 Å². The van der Waals surface area contributed by atoms with Crippen molar-refractivity contribution in [2.75, 3.05) is 0 Å². The Morgan fingerprint density at radius 2 is 1.84 bits per heavy atom. The minimum atomic E-state index is 0.0396. The summed E-state index contributed by atoms with van der Waals surface area (Å²) in [5, 5.41) is 2.99. The number of aryl methyl sites for hydroxylation is 1. The molecule has 128 valence electrons. The Balaban J connectivity index is 1.66. The topological polar surface area (TPSA) is 46.9 Å². The van der Waals surface area contributed by atoms with Gasteiger partial charge in [0.1, 0.15) is 5.82 Å². The van der Waals surface area contributed by atoms with Crippen LogP contribution in [0.15, 0.2) is 66.7 Å². The van der Waals surface area contributed by atoms with Crippen molar-refractivity contribution in [3.05, 3.63) is 78.1 Å². The highest BCUT2D eigenvalue weighted by Gasteiger charge is 2.11. The lowest BCUT2D eigenvalue weighted by molar-refractivity contribution is -0.121. The van der Waals surface area contributed by atoms with Gasteiger partial charge in [0.05, 0.1) is 17.6 Å². The first-order valence-corrected chi connectivity index (χ1v) is 8.52. The molecule has 4 heteroatoms. The van der Waals surface area contributed by atoms with E-state index in [9.17, 15) is 4.79 Å². The summed E-state index contributed by atoms with van der Waals surface area (Å²) in [6.45, 7) is 7.13. The Bertz CT molecular complexity index is 881. The smallest absolute Gasteiger partial charge is 0.220 e. The highest BCUT2D eigenvalue weighted by atomic mass is 16.1. The van der Waals surface area contributed by atoms with Crippen molar-refractivity contribution in [1.29, 1.82) is 0 Å². The zero-order valence-electron chi connectivity index (χ0n) is 14.5. The zero-order valence-corrected chi connectivity index (χ0v) is 14.5. The van der Waals surface area contributed by atoms with Crippen LogP contribution in [0.3, 0.4) is 0 Å². The van der Waals surface area contributed by atoms with Crippen LogP contribution in [0.2, 0.25) is 0 Å². The number of carbonyl (C=O) groups excluding carboxylic acids is 1. The van der Waals surface area contributed by atoms with Crippen LogP contribution in [-0.4, -0.2) is 15.5 Å². The van der Waals surface area contributed by atoms with Crippen molar-refractivity contribution >= 4 is 16.9 Å². The molecule has 1 N–H and O–H groups in total. The average Bonchev–Trinajstić information content (AvgIpc) is 2.96. The Hall–Kier alpha value is -2.88. The minimum absolute atomic E-state index is 0.0396. The van der Waals surface area contributed by atoms with Gasteiger partial charge >= 0.3 is 0 Å². The second-order valence-corrected chi connectivity index (χ2v) is 6.32. The normalized spacial score (nSPS) is 10.8. The molecular weight excluding hydrogens is 310 g/mol. The third-order valence-corrected chi connectivity index (χ3v) is 4.09. The molecule has 2 aromatic carbocycles. The van der Waals surface area contributed by atoms with Crippen LogP contribution in [0.5, 0.6) is 0 Å². The molecule has 1 heterocycles. The van der Waals surface area contributed by atoms with Gasteiger partial charge in [0.25, 0.3) is 0 Å². The van der Waals surface area contributed by atoms with Crippen molar-refractivity contribution in [2.45, 2.75) is 32.9 Å². The van der Waals surface area contributed by atoms with Gasteiger partial charge in [-0.2, -0.15) is 0 Å². The molecule has 0 unspecified atom stereocenters. The average molecular weight is 333 g/mol. The summed E-state index contributed by atoms with van der Waals surface area (Å²) in [6.07, 6.45) is 1.22. The van der Waals surface area contributed by atoms with Gasteiger partial charge in [-0.25, -0.2) is 4.98 Å². The van der Waals surface area contributed by atoms with E-state index in [4.69, 9.17) is 0 Å². The number of hydrogen-bond acceptors (Lipinski definition) is 2. The second-order valence-electron chi connectivity index (χ2n) is 6.32. The number of imidazole rings is 1.